The minimum absolute atomic E-state index is 0.171. The van der Waals surface area contributed by atoms with Crippen molar-refractivity contribution in [2.75, 3.05) is 14.2 Å². The molecule has 1 spiro atoms. The molecule has 0 atom stereocenters. The number of nitrogens with zero attached hydrogens (tertiary/aromatic N) is 1. The molecule has 1 fully saturated rings. The van der Waals surface area contributed by atoms with Gasteiger partial charge >= 0.3 is 5.97 Å². The lowest BCUT2D eigenvalue weighted by molar-refractivity contribution is -0.136. The standard InChI is InChI=1S/C21H21NO5/c1-26-14-7-5-13(6-8-14)15-9-10-16-18(23)17(20(25)27-2)19(24)21(22(15)16)11-3-4-12-21/h5-10,24H,3-4,11-12H2,1-2H3. The van der Waals surface area contributed by atoms with E-state index < -0.39 is 17.3 Å². The van der Waals surface area contributed by atoms with Crippen LogP contribution in [-0.2, 0) is 15.1 Å². The zero-order valence-corrected chi connectivity index (χ0v) is 15.3. The summed E-state index contributed by atoms with van der Waals surface area (Å²) in [4.78, 5) is 25.2. The maximum atomic E-state index is 13.0. The molecule has 0 unspecified atom stereocenters. The van der Waals surface area contributed by atoms with E-state index in [1.165, 1.54) is 7.11 Å². The van der Waals surface area contributed by atoms with E-state index in [0.717, 1.165) is 29.8 Å². The van der Waals surface area contributed by atoms with Crippen LogP contribution in [0.25, 0.3) is 11.3 Å². The van der Waals surface area contributed by atoms with Crippen molar-refractivity contribution < 1.29 is 24.2 Å². The van der Waals surface area contributed by atoms with Crippen LogP contribution < -0.4 is 4.74 Å². The lowest BCUT2D eigenvalue weighted by atomic mass is 9.85. The molecule has 4 rings (SSSR count). The molecule has 0 amide bonds. The van der Waals surface area contributed by atoms with Gasteiger partial charge in [0.25, 0.3) is 0 Å². The third-order valence-electron chi connectivity index (χ3n) is 5.65. The number of benzene rings is 1. The normalized spacial score (nSPS) is 17.9. The summed E-state index contributed by atoms with van der Waals surface area (Å²) in [6.07, 6.45) is 3.15. The van der Waals surface area contributed by atoms with Crippen LogP contribution in [0.3, 0.4) is 0 Å². The van der Waals surface area contributed by atoms with Gasteiger partial charge in [0.1, 0.15) is 22.6 Å². The molecular formula is C21H21NO5. The van der Waals surface area contributed by atoms with E-state index in [1.807, 2.05) is 34.9 Å². The third kappa shape index (κ3) is 2.40. The zero-order valence-electron chi connectivity index (χ0n) is 15.3. The summed E-state index contributed by atoms with van der Waals surface area (Å²) in [5, 5.41) is 11.0. The molecule has 6 nitrogen and oxygen atoms in total. The van der Waals surface area contributed by atoms with Crippen molar-refractivity contribution in [3.63, 3.8) is 0 Å². The van der Waals surface area contributed by atoms with Gasteiger partial charge in [0.2, 0.25) is 5.78 Å². The number of hydrogen-bond acceptors (Lipinski definition) is 5. The van der Waals surface area contributed by atoms with Gasteiger partial charge in [-0.05, 0) is 54.8 Å². The molecule has 0 radical (unpaired) electrons. The Bertz CT molecular complexity index is 945. The molecule has 1 aromatic carbocycles. The minimum atomic E-state index is -0.790. The first-order valence-corrected chi connectivity index (χ1v) is 8.97. The zero-order chi connectivity index (χ0) is 19.2. The quantitative estimate of drug-likeness (QED) is 0.662. The molecule has 2 heterocycles. The number of rotatable bonds is 3. The van der Waals surface area contributed by atoms with Crippen molar-refractivity contribution in [2.45, 2.75) is 31.2 Å². The molecule has 1 aliphatic carbocycles. The maximum absolute atomic E-state index is 13.0. The highest BCUT2D eigenvalue weighted by Crippen LogP contribution is 2.49. The van der Waals surface area contributed by atoms with Crippen molar-refractivity contribution in [3.8, 4) is 17.0 Å². The second-order valence-corrected chi connectivity index (χ2v) is 6.95. The maximum Gasteiger partial charge on any atom is 0.345 e. The topological polar surface area (TPSA) is 77.8 Å². The number of ether oxygens (including phenoxy) is 2. The van der Waals surface area contributed by atoms with Crippen LogP contribution in [0.2, 0.25) is 0 Å². The summed E-state index contributed by atoms with van der Waals surface area (Å²) in [5.41, 5.74) is 1.12. The average molecular weight is 367 g/mol. The summed E-state index contributed by atoms with van der Waals surface area (Å²) in [5.74, 6) is -0.722. The highest BCUT2D eigenvalue weighted by Gasteiger charge is 2.50. The number of Topliss-reactive ketones (excluding diaryl/α,β-unsaturated/α-hetero) is 1. The van der Waals surface area contributed by atoms with Crippen LogP contribution in [0.15, 0.2) is 47.7 Å². The molecule has 6 heteroatoms. The monoisotopic (exact) mass is 367 g/mol. The fraction of sp³-hybridized carbons (Fsp3) is 0.333. The van der Waals surface area contributed by atoms with E-state index in [1.54, 1.807) is 13.2 Å². The summed E-state index contributed by atoms with van der Waals surface area (Å²) in [6.45, 7) is 0. The van der Waals surface area contributed by atoms with Gasteiger partial charge in [0.05, 0.1) is 19.9 Å². The number of carbonyl (C=O) groups is 2. The predicted molar refractivity (Wildman–Crippen MR) is 98.9 cm³/mol. The van der Waals surface area contributed by atoms with Crippen LogP contribution >= 0.6 is 0 Å². The van der Waals surface area contributed by atoms with E-state index >= 15 is 0 Å². The van der Waals surface area contributed by atoms with E-state index in [4.69, 9.17) is 9.47 Å². The first-order chi connectivity index (χ1) is 13.0. The van der Waals surface area contributed by atoms with Crippen LogP contribution in [0, 0.1) is 0 Å². The number of aliphatic hydroxyl groups is 1. The number of aromatic nitrogens is 1. The summed E-state index contributed by atoms with van der Waals surface area (Å²) < 4.78 is 11.9. The second kappa shape index (κ2) is 6.30. The lowest BCUT2D eigenvalue weighted by Gasteiger charge is -2.38. The fourth-order valence-corrected chi connectivity index (χ4v) is 4.35. The van der Waals surface area contributed by atoms with E-state index in [9.17, 15) is 14.7 Å². The number of fused-ring (bicyclic) bond motifs is 2. The highest BCUT2D eigenvalue weighted by molar-refractivity contribution is 6.25. The molecule has 140 valence electrons. The molecule has 0 saturated heterocycles. The molecule has 1 aromatic heterocycles. The summed E-state index contributed by atoms with van der Waals surface area (Å²) >= 11 is 0. The van der Waals surface area contributed by atoms with Crippen molar-refractivity contribution >= 4 is 11.8 Å². The van der Waals surface area contributed by atoms with Crippen LogP contribution in [-0.4, -0.2) is 35.6 Å². The van der Waals surface area contributed by atoms with Gasteiger partial charge in [-0.2, -0.15) is 0 Å². The number of aliphatic hydroxyl groups excluding tert-OH is 1. The third-order valence-corrected chi connectivity index (χ3v) is 5.65. The lowest BCUT2D eigenvalue weighted by Crippen LogP contribution is -2.42. The Labute approximate surface area is 157 Å². The van der Waals surface area contributed by atoms with Crippen LogP contribution in [0.4, 0.5) is 0 Å². The Balaban J connectivity index is 1.94. The molecule has 27 heavy (non-hydrogen) atoms. The van der Waals surface area contributed by atoms with Crippen LogP contribution in [0.5, 0.6) is 5.75 Å². The largest absolute Gasteiger partial charge is 0.509 e. The first-order valence-electron chi connectivity index (χ1n) is 8.97. The van der Waals surface area contributed by atoms with Crippen molar-refractivity contribution in [3.05, 3.63) is 53.4 Å². The van der Waals surface area contributed by atoms with E-state index in [0.29, 0.717) is 18.5 Å². The Kier molecular flexibility index (Phi) is 4.06. The second-order valence-electron chi connectivity index (χ2n) is 6.95. The van der Waals surface area contributed by atoms with E-state index in [2.05, 4.69) is 0 Å². The number of allylic oxidation sites excluding steroid dienone is 1. The van der Waals surface area contributed by atoms with Gasteiger partial charge in [0, 0.05) is 5.69 Å². The molecule has 1 aliphatic heterocycles. The highest BCUT2D eigenvalue weighted by atomic mass is 16.5. The Morgan fingerprint density at radius 1 is 1.04 bits per heavy atom. The van der Waals surface area contributed by atoms with Crippen molar-refractivity contribution in [1.29, 1.82) is 0 Å². The molecule has 0 bridgehead atoms. The molecule has 2 aliphatic rings. The smallest absolute Gasteiger partial charge is 0.345 e. The van der Waals surface area contributed by atoms with Gasteiger partial charge in [-0.15, -0.1) is 0 Å². The minimum Gasteiger partial charge on any atom is -0.509 e. The molecule has 2 aromatic rings. The number of esters is 1. The molecular weight excluding hydrogens is 346 g/mol. The number of ketones is 1. The van der Waals surface area contributed by atoms with Crippen molar-refractivity contribution in [2.24, 2.45) is 0 Å². The Hall–Kier alpha value is -3.02. The number of methoxy groups -OCH3 is 2. The van der Waals surface area contributed by atoms with Gasteiger partial charge in [-0.25, -0.2) is 4.79 Å². The van der Waals surface area contributed by atoms with E-state index in [-0.39, 0.29) is 11.3 Å². The summed E-state index contributed by atoms with van der Waals surface area (Å²) in [6, 6.07) is 11.1. The predicted octanol–water partition coefficient (Wildman–Crippen LogP) is 3.61. The first kappa shape index (κ1) is 17.4. The Morgan fingerprint density at radius 3 is 2.26 bits per heavy atom. The number of hydrogen-bond donors (Lipinski definition) is 1. The van der Waals surface area contributed by atoms with Crippen LogP contribution in [0.1, 0.15) is 36.2 Å². The van der Waals surface area contributed by atoms with Gasteiger partial charge in [-0.3, -0.25) is 4.79 Å². The molecule has 1 N–H and O–H groups in total. The molecule has 1 saturated carbocycles. The summed E-state index contributed by atoms with van der Waals surface area (Å²) in [7, 11) is 2.82. The SMILES string of the molecule is COC(=O)C1=C(O)C2(CCCC2)n2c(ccc2-c2ccc(OC)cc2)C1=O. The fourth-order valence-electron chi connectivity index (χ4n) is 4.35. The van der Waals surface area contributed by atoms with Crippen molar-refractivity contribution in [1.82, 2.24) is 4.57 Å². The van der Waals surface area contributed by atoms with Gasteiger partial charge in [-0.1, -0.05) is 12.8 Å². The Morgan fingerprint density at radius 2 is 1.67 bits per heavy atom. The van der Waals surface area contributed by atoms with Gasteiger partial charge in [0.15, 0.2) is 0 Å². The van der Waals surface area contributed by atoms with Gasteiger partial charge < -0.3 is 19.1 Å². The number of carbonyl (C=O) groups excluding carboxylic acids is 2. The average Bonchev–Trinajstić information content (AvgIpc) is 3.35.